The Bertz CT molecular complexity index is 388. The van der Waals surface area contributed by atoms with Crippen molar-refractivity contribution < 1.29 is 4.79 Å². The van der Waals surface area contributed by atoms with Gasteiger partial charge >= 0.3 is 0 Å². The maximum absolute atomic E-state index is 12.2. The zero-order valence-electron chi connectivity index (χ0n) is 10.3. The van der Waals surface area contributed by atoms with Gasteiger partial charge in [0.1, 0.15) is 0 Å². The molecule has 1 aromatic rings. The molecule has 0 aromatic heterocycles. The molecule has 0 saturated heterocycles. The van der Waals surface area contributed by atoms with E-state index in [4.69, 9.17) is 5.73 Å². The fraction of sp³-hybridized carbons (Fsp3) is 0.500. The molecule has 0 aliphatic heterocycles. The number of nitrogens with one attached hydrogen (secondary N) is 1. The Kier molecular flexibility index (Phi) is 3.67. The van der Waals surface area contributed by atoms with Crippen LogP contribution in [0.1, 0.15) is 48.0 Å². The summed E-state index contributed by atoms with van der Waals surface area (Å²) in [5, 5.41) is 3.10. The quantitative estimate of drug-likeness (QED) is 0.770. The van der Waals surface area contributed by atoms with Gasteiger partial charge < -0.3 is 11.1 Å². The van der Waals surface area contributed by atoms with Gasteiger partial charge in [-0.2, -0.15) is 0 Å². The lowest BCUT2D eigenvalue weighted by Gasteiger charge is -2.23. The number of anilines is 1. The predicted octanol–water partition coefficient (Wildman–Crippen LogP) is 2.64. The van der Waals surface area contributed by atoms with Crippen LogP contribution in [-0.2, 0) is 0 Å². The van der Waals surface area contributed by atoms with Crippen molar-refractivity contribution in [1.29, 1.82) is 0 Å². The molecule has 0 unspecified atom stereocenters. The molecular formula is C14H20N2O. The van der Waals surface area contributed by atoms with E-state index in [0.717, 1.165) is 18.4 Å². The highest BCUT2D eigenvalue weighted by Gasteiger charge is 2.18. The summed E-state index contributed by atoms with van der Waals surface area (Å²) < 4.78 is 0. The van der Waals surface area contributed by atoms with Crippen LogP contribution in [0.3, 0.4) is 0 Å². The summed E-state index contributed by atoms with van der Waals surface area (Å²) in [6.45, 7) is 1.92. The largest absolute Gasteiger partial charge is 0.398 e. The zero-order valence-corrected chi connectivity index (χ0v) is 10.3. The second-order valence-corrected chi connectivity index (χ2v) is 4.85. The Labute approximate surface area is 102 Å². The molecule has 1 aromatic carbocycles. The number of rotatable bonds is 2. The molecule has 0 bridgehead atoms. The molecule has 1 aliphatic rings. The second kappa shape index (κ2) is 5.21. The van der Waals surface area contributed by atoms with Gasteiger partial charge in [0, 0.05) is 11.7 Å². The van der Waals surface area contributed by atoms with Crippen LogP contribution < -0.4 is 11.1 Å². The number of nitrogen functional groups attached to an aromatic ring is 1. The van der Waals surface area contributed by atoms with E-state index in [1.165, 1.54) is 19.3 Å². The van der Waals surface area contributed by atoms with Crippen LogP contribution in [0.4, 0.5) is 5.69 Å². The molecule has 92 valence electrons. The van der Waals surface area contributed by atoms with E-state index in [9.17, 15) is 4.79 Å². The van der Waals surface area contributed by atoms with E-state index < -0.39 is 0 Å². The molecule has 1 aliphatic carbocycles. The first kappa shape index (κ1) is 12.0. The van der Waals surface area contributed by atoms with Crippen LogP contribution in [-0.4, -0.2) is 11.9 Å². The van der Waals surface area contributed by atoms with Gasteiger partial charge in [0.25, 0.3) is 5.91 Å². The summed E-state index contributed by atoms with van der Waals surface area (Å²) in [6, 6.07) is 5.91. The summed E-state index contributed by atoms with van der Waals surface area (Å²) in [7, 11) is 0. The first-order chi connectivity index (χ1) is 8.18. The lowest BCUT2D eigenvalue weighted by molar-refractivity contribution is 0.0928. The van der Waals surface area contributed by atoms with Gasteiger partial charge in [-0.3, -0.25) is 4.79 Å². The van der Waals surface area contributed by atoms with E-state index in [1.807, 2.05) is 19.1 Å². The second-order valence-electron chi connectivity index (χ2n) is 4.85. The van der Waals surface area contributed by atoms with Crippen molar-refractivity contribution >= 4 is 11.6 Å². The molecule has 0 spiro atoms. The first-order valence-electron chi connectivity index (χ1n) is 6.34. The average molecular weight is 232 g/mol. The fourth-order valence-electron chi connectivity index (χ4n) is 2.51. The van der Waals surface area contributed by atoms with Crippen molar-refractivity contribution in [3.8, 4) is 0 Å². The molecule has 0 heterocycles. The molecule has 17 heavy (non-hydrogen) atoms. The normalized spacial score (nSPS) is 16.8. The maximum Gasteiger partial charge on any atom is 0.253 e. The van der Waals surface area contributed by atoms with Crippen molar-refractivity contribution in [3.63, 3.8) is 0 Å². The minimum atomic E-state index is -0.0208. The Balaban J connectivity index is 2.08. The van der Waals surface area contributed by atoms with Crippen molar-refractivity contribution in [2.75, 3.05) is 5.73 Å². The van der Waals surface area contributed by atoms with Gasteiger partial charge in [0.15, 0.2) is 0 Å². The molecule has 3 nitrogen and oxygen atoms in total. The Morgan fingerprint density at radius 1 is 1.29 bits per heavy atom. The van der Waals surface area contributed by atoms with Gasteiger partial charge in [0.05, 0.1) is 5.56 Å². The van der Waals surface area contributed by atoms with E-state index in [0.29, 0.717) is 17.3 Å². The van der Waals surface area contributed by atoms with Crippen LogP contribution in [0.2, 0.25) is 0 Å². The van der Waals surface area contributed by atoms with Gasteiger partial charge in [-0.05, 0) is 31.4 Å². The minimum absolute atomic E-state index is 0.0208. The SMILES string of the molecule is Cc1cccc(N)c1C(=O)NC1CCCCC1. The third kappa shape index (κ3) is 2.78. The van der Waals surface area contributed by atoms with E-state index >= 15 is 0 Å². The van der Waals surface area contributed by atoms with Gasteiger partial charge in [-0.25, -0.2) is 0 Å². The summed E-state index contributed by atoms with van der Waals surface area (Å²) >= 11 is 0. The third-order valence-electron chi connectivity index (χ3n) is 3.47. The molecule has 0 radical (unpaired) electrons. The smallest absolute Gasteiger partial charge is 0.253 e. The van der Waals surface area contributed by atoms with Crippen LogP contribution in [0.25, 0.3) is 0 Å². The summed E-state index contributed by atoms with van der Waals surface area (Å²) in [4.78, 5) is 12.2. The van der Waals surface area contributed by atoms with Crippen LogP contribution >= 0.6 is 0 Å². The van der Waals surface area contributed by atoms with Crippen LogP contribution in [0, 0.1) is 6.92 Å². The van der Waals surface area contributed by atoms with Gasteiger partial charge in [-0.15, -0.1) is 0 Å². The van der Waals surface area contributed by atoms with Crippen LogP contribution in [0.5, 0.6) is 0 Å². The topological polar surface area (TPSA) is 55.1 Å². The van der Waals surface area contributed by atoms with E-state index in [2.05, 4.69) is 5.32 Å². The number of amides is 1. The standard InChI is InChI=1S/C14H20N2O/c1-10-6-5-9-12(15)13(10)14(17)16-11-7-3-2-4-8-11/h5-6,9,11H,2-4,7-8,15H2,1H3,(H,16,17). The average Bonchev–Trinajstić information content (AvgIpc) is 2.30. The number of carbonyl (C=O) groups excluding carboxylic acids is 1. The minimum Gasteiger partial charge on any atom is -0.398 e. The molecule has 2 rings (SSSR count). The molecule has 0 atom stereocenters. The summed E-state index contributed by atoms with van der Waals surface area (Å²) in [5.74, 6) is -0.0208. The molecular weight excluding hydrogens is 212 g/mol. The third-order valence-corrected chi connectivity index (χ3v) is 3.47. The zero-order chi connectivity index (χ0) is 12.3. The van der Waals surface area contributed by atoms with E-state index in [1.54, 1.807) is 6.07 Å². The van der Waals surface area contributed by atoms with Gasteiger partial charge in [-0.1, -0.05) is 31.4 Å². The Hall–Kier alpha value is -1.51. The van der Waals surface area contributed by atoms with Crippen molar-refractivity contribution in [3.05, 3.63) is 29.3 Å². The number of hydrogen-bond donors (Lipinski definition) is 2. The number of aryl methyl sites for hydroxylation is 1. The number of hydrogen-bond acceptors (Lipinski definition) is 2. The highest BCUT2D eigenvalue weighted by molar-refractivity contribution is 6.00. The Morgan fingerprint density at radius 2 is 2.00 bits per heavy atom. The molecule has 3 heteroatoms. The number of carbonyl (C=O) groups is 1. The monoisotopic (exact) mass is 232 g/mol. The number of nitrogens with two attached hydrogens (primary N) is 1. The molecule has 1 amide bonds. The van der Waals surface area contributed by atoms with Crippen molar-refractivity contribution in [2.45, 2.75) is 45.1 Å². The summed E-state index contributed by atoms with van der Waals surface area (Å²) in [5.41, 5.74) is 8.01. The fourth-order valence-corrected chi connectivity index (χ4v) is 2.51. The Morgan fingerprint density at radius 3 is 2.65 bits per heavy atom. The van der Waals surface area contributed by atoms with Crippen molar-refractivity contribution in [1.82, 2.24) is 5.32 Å². The molecule has 3 N–H and O–H groups in total. The lowest BCUT2D eigenvalue weighted by atomic mass is 9.95. The maximum atomic E-state index is 12.2. The van der Waals surface area contributed by atoms with Gasteiger partial charge in [0.2, 0.25) is 0 Å². The van der Waals surface area contributed by atoms with E-state index in [-0.39, 0.29) is 5.91 Å². The highest BCUT2D eigenvalue weighted by atomic mass is 16.1. The van der Waals surface area contributed by atoms with Crippen LogP contribution in [0.15, 0.2) is 18.2 Å². The summed E-state index contributed by atoms with van der Waals surface area (Å²) in [6.07, 6.45) is 5.91. The predicted molar refractivity (Wildman–Crippen MR) is 69.9 cm³/mol. The first-order valence-corrected chi connectivity index (χ1v) is 6.34. The van der Waals surface area contributed by atoms with Crippen molar-refractivity contribution in [2.24, 2.45) is 0 Å². The lowest BCUT2D eigenvalue weighted by Crippen LogP contribution is -2.36. The molecule has 1 fully saturated rings. The number of benzene rings is 1. The molecule has 1 saturated carbocycles. The highest BCUT2D eigenvalue weighted by Crippen LogP contribution is 2.20.